The summed E-state index contributed by atoms with van der Waals surface area (Å²) in [5, 5.41) is 36.8. The van der Waals surface area contributed by atoms with Gasteiger partial charge in [-0.05, 0) is 31.0 Å². The van der Waals surface area contributed by atoms with Crippen LogP contribution in [0.3, 0.4) is 0 Å². The molecule has 0 aliphatic carbocycles. The van der Waals surface area contributed by atoms with Gasteiger partial charge in [-0.15, -0.1) is 0 Å². The molecule has 220 valence electrons. The van der Waals surface area contributed by atoms with Crippen LogP contribution in [0.15, 0.2) is 30.6 Å². The predicted molar refractivity (Wildman–Crippen MR) is 141 cm³/mol. The van der Waals surface area contributed by atoms with Crippen molar-refractivity contribution in [2.24, 2.45) is 0 Å². The molecule has 1 saturated heterocycles. The van der Waals surface area contributed by atoms with E-state index in [-0.39, 0.29) is 6.10 Å². The number of aromatic nitrogens is 2. The molecule has 1 aliphatic rings. The number of aliphatic hydroxyl groups is 1. The lowest BCUT2D eigenvalue weighted by atomic mass is 9.96. The molecule has 1 aromatic heterocycles. The van der Waals surface area contributed by atoms with E-state index in [1.165, 1.54) is 0 Å². The molecule has 2 aromatic rings. The smallest absolute Gasteiger partial charge is 0.336 e. The van der Waals surface area contributed by atoms with E-state index < -0.39 is 36.4 Å². The first-order chi connectivity index (χ1) is 19.0. The minimum absolute atomic E-state index is 0.263. The summed E-state index contributed by atoms with van der Waals surface area (Å²) >= 11 is 0. The Morgan fingerprint density at radius 1 is 1.07 bits per heavy atom. The lowest BCUT2D eigenvalue weighted by Gasteiger charge is -2.26. The number of rotatable bonds is 14. The van der Waals surface area contributed by atoms with Crippen molar-refractivity contribution in [3.8, 4) is 11.5 Å². The molecule has 1 atom stereocenters. The van der Waals surface area contributed by atoms with Gasteiger partial charge in [-0.1, -0.05) is 0 Å². The fraction of sp³-hybridized carbons (Fsp3) is 0.500. The van der Waals surface area contributed by atoms with Gasteiger partial charge in [0.2, 0.25) is 5.95 Å². The third kappa shape index (κ3) is 10.3. The van der Waals surface area contributed by atoms with Gasteiger partial charge >= 0.3 is 17.9 Å². The Hall–Kier alpha value is -4.01. The summed E-state index contributed by atoms with van der Waals surface area (Å²) in [4.78, 5) is 41.5. The second kappa shape index (κ2) is 15.5. The minimum Gasteiger partial charge on any atom is -0.497 e. The van der Waals surface area contributed by atoms with Crippen LogP contribution in [-0.2, 0) is 32.2 Å². The van der Waals surface area contributed by atoms with Crippen LogP contribution < -0.4 is 14.8 Å². The van der Waals surface area contributed by atoms with Crippen LogP contribution in [0.4, 0.5) is 5.95 Å². The van der Waals surface area contributed by atoms with Crippen molar-refractivity contribution in [2.75, 3.05) is 39.7 Å². The molecule has 40 heavy (non-hydrogen) atoms. The second-order valence-corrected chi connectivity index (χ2v) is 9.13. The monoisotopic (exact) mass is 564 g/mol. The van der Waals surface area contributed by atoms with Crippen LogP contribution >= 0.6 is 0 Å². The van der Waals surface area contributed by atoms with Crippen molar-refractivity contribution in [3.63, 3.8) is 0 Å². The number of nitrogens with one attached hydrogen (secondary N) is 1. The molecule has 1 aromatic carbocycles. The van der Waals surface area contributed by atoms with Gasteiger partial charge in [0, 0.05) is 56.8 Å². The molecular formula is C26H36N4O10. The Bertz CT molecular complexity index is 1110. The molecule has 3 rings (SSSR count). The van der Waals surface area contributed by atoms with E-state index in [0.29, 0.717) is 5.95 Å². The molecule has 14 nitrogen and oxygen atoms in total. The van der Waals surface area contributed by atoms with Crippen molar-refractivity contribution in [1.29, 1.82) is 0 Å². The number of hydrogen-bond donors (Lipinski definition) is 5. The van der Waals surface area contributed by atoms with Gasteiger partial charge in [0.15, 0.2) is 5.60 Å². The molecule has 0 bridgehead atoms. The first-order valence-electron chi connectivity index (χ1n) is 12.4. The summed E-state index contributed by atoms with van der Waals surface area (Å²) in [6.45, 7) is 3.17. The van der Waals surface area contributed by atoms with Crippen molar-refractivity contribution >= 4 is 23.9 Å². The first kappa shape index (κ1) is 32.2. The Morgan fingerprint density at radius 3 is 2.20 bits per heavy atom. The van der Waals surface area contributed by atoms with Gasteiger partial charge in [0.05, 0.1) is 33.2 Å². The van der Waals surface area contributed by atoms with Gasteiger partial charge in [0.1, 0.15) is 11.5 Å². The largest absolute Gasteiger partial charge is 0.497 e. The minimum atomic E-state index is -2.74. The molecule has 0 spiro atoms. The quantitative estimate of drug-likeness (QED) is 0.221. The maximum absolute atomic E-state index is 10.3. The predicted octanol–water partition coefficient (Wildman–Crippen LogP) is 1.47. The summed E-state index contributed by atoms with van der Waals surface area (Å²) in [5.74, 6) is -2.71. The molecule has 14 heteroatoms. The molecule has 2 heterocycles. The van der Waals surface area contributed by atoms with Gasteiger partial charge in [-0.3, -0.25) is 14.5 Å². The van der Waals surface area contributed by atoms with Crippen LogP contribution in [0.5, 0.6) is 11.5 Å². The Kier molecular flexibility index (Phi) is 12.5. The molecule has 0 amide bonds. The number of ether oxygens (including phenoxy) is 3. The lowest BCUT2D eigenvalue weighted by Crippen LogP contribution is -2.42. The van der Waals surface area contributed by atoms with E-state index in [1.807, 2.05) is 37.6 Å². The fourth-order valence-electron chi connectivity index (χ4n) is 4.05. The number of hydrogen-bond acceptors (Lipinski definition) is 11. The third-order valence-corrected chi connectivity index (χ3v) is 5.99. The van der Waals surface area contributed by atoms with E-state index in [9.17, 15) is 14.4 Å². The van der Waals surface area contributed by atoms with E-state index >= 15 is 0 Å². The summed E-state index contributed by atoms with van der Waals surface area (Å²) in [6, 6.07) is 5.89. The summed E-state index contributed by atoms with van der Waals surface area (Å²) in [6.07, 6.45) is 3.93. The van der Waals surface area contributed by atoms with Crippen molar-refractivity contribution < 1.29 is 49.0 Å². The normalized spacial score (nSPS) is 14.7. The Morgan fingerprint density at radius 2 is 1.73 bits per heavy atom. The van der Waals surface area contributed by atoms with Gasteiger partial charge in [0.25, 0.3) is 0 Å². The molecule has 5 N–H and O–H groups in total. The fourth-order valence-corrected chi connectivity index (χ4v) is 4.05. The van der Waals surface area contributed by atoms with Crippen LogP contribution in [0.25, 0.3) is 0 Å². The highest BCUT2D eigenvalue weighted by Gasteiger charge is 2.40. The average molecular weight is 565 g/mol. The number of nitrogens with zero attached hydrogens (tertiary/aromatic N) is 3. The maximum Gasteiger partial charge on any atom is 0.336 e. The average Bonchev–Trinajstić information content (AvgIpc) is 3.41. The SMILES string of the molecule is CNc1ncc(CN(Cc2cc(OC)ccc2OC)CC2CCCO2)cn1.O=C(O)CC(O)(CC(=O)O)C(=O)O. The zero-order chi connectivity index (χ0) is 29.7. The maximum atomic E-state index is 10.3. The molecule has 1 fully saturated rings. The molecular weight excluding hydrogens is 528 g/mol. The topological polar surface area (TPSA) is 201 Å². The molecule has 1 aliphatic heterocycles. The highest BCUT2D eigenvalue weighted by Crippen LogP contribution is 2.27. The van der Waals surface area contributed by atoms with Crippen LogP contribution in [0, 0.1) is 0 Å². The summed E-state index contributed by atoms with van der Waals surface area (Å²) in [5.41, 5.74) is -0.589. The number of carboxylic acids is 3. The van der Waals surface area contributed by atoms with E-state index in [1.54, 1.807) is 14.2 Å². The molecule has 1 unspecified atom stereocenters. The van der Waals surface area contributed by atoms with Crippen molar-refractivity contribution in [2.45, 2.75) is 50.5 Å². The number of benzene rings is 1. The van der Waals surface area contributed by atoms with Crippen molar-refractivity contribution in [1.82, 2.24) is 14.9 Å². The third-order valence-electron chi connectivity index (χ3n) is 5.99. The van der Waals surface area contributed by atoms with Gasteiger partial charge in [-0.25, -0.2) is 14.8 Å². The number of anilines is 1. The Labute approximate surface area is 231 Å². The number of carbonyl (C=O) groups is 3. The number of methoxy groups -OCH3 is 2. The standard InChI is InChI=1S/C20H28N4O3.C6H8O7/c1-21-20-22-10-15(11-23-20)12-24(14-18-5-4-8-27-18)13-16-9-17(25-2)6-7-19(16)26-3;7-3(8)1-6(13,5(11)12)2-4(9)10/h6-7,9-11,18H,4-5,8,12-14H2,1-3H3,(H,21,22,23);13H,1-2H2,(H,7,8)(H,9,10)(H,11,12). The zero-order valence-corrected chi connectivity index (χ0v) is 22.7. The highest BCUT2D eigenvalue weighted by atomic mass is 16.5. The van der Waals surface area contributed by atoms with Gasteiger partial charge in [-0.2, -0.15) is 0 Å². The summed E-state index contributed by atoms with van der Waals surface area (Å²) in [7, 11) is 5.18. The molecule has 0 radical (unpaired) electrons. The lowest BCUT2D eigenvalue weighted by molar-refractivity contribution is -0.170. The van der Waals surface area contributed by atoms with Gasteiger partial charge < -0.3 is 40.0 Å². The van der Waals surface area contributed by atoms with Crippen molar-refractivity contribution in [3.05, 3.63) is 41.7 Å². The molecule has 0 saturated carbocycles. The second-order valence-electron chi connectivity index (χ2n) is 9.13. The zero-order valence-electron chi connectivity index (χ0n) is 22.7. The highest BCUT2D eigenvalue weighted by molar-refractivity contribution is 5.88. The van der Waals surface area contributed by atoms with Crippen LogP contribution in [-0.4, -0.2) is 99.3 Å². The van der Waals surface area contributed by atoms with Crippen LogP contribution in [0.1, 0.15) is 36.8 Å². The first-order valence-corrected chi connectivity index (χ1v) is 12.4. The number of carboxylic acid groups (broad SMARTS) is 3. The van der Waals surface area contributed by atoms with E-state index in [4.69, 9.17) is 34.6 Å². The Balaban J connectivity index is 0.000000366. The van der Waals surface area contributed by atoms with E-state index in [2.05, 4.69) is 20.2 Å². The van der Waals surface area contributed by atoms with E-state index in [0.717, 1.165) is 61.7 Å². The van der Waals surface area contributed by atoms with Crippen LogP contribution in [0.2, 0.25) is 0 Å². The summed E-state index contributed by atoms with van der Waals surface area (Å²) < 4.78 is 16.8. The number of aliphatic carboxylic acids is 3.